The van der Waals surface area contributed by atoms with Gasteiger partial charge in [0.1, 0.15) is 0 Å². The Morgan fingerprint density at radius 1 is 1.52 bits per heavy atom. The Hall–Kier alpha value is -0.950. The molecular weight excluding hydrogens is 310 g/mol. The summed E-state index contributed by atoms with van der Waals surface area (Å²) in [5, 5.41) is 13.7. The molecule has 0 spiro atoms. The standard InChI is InChI=1S/C17H29N3O2S/c1-4-16-11-19(6-7-20(16)9-14(2)21)12-17(22)18(3)10-15-5-8-23-13-15/h5,8,13-14,16,21H,4,6-7,9-12H2,1-3H3. The molecule has 0 radical (unpaired) electrons. The fourth-order valence-corrected chi connectivity index (χ4v) is 3.78. The van der Waals surface area contributed by atoms with Crippen molar-refractivity contribution in [3.05, 3.63) is 22.4 Å². The number of aliphatic hydroxyl groups is 1. The number of amides is 1. The van der Waals surface area contributed by atoms with Crippen LogP contribution in [0.2, 0.25) is 0 Å². The van der Waals surface area contributed by atoms with E-state index in [0.29, 0.717) is 19.1 Å². The molecule has 2 unspecified atom stereocenters. The van der Waals surface area contributed by atoms with Crippen molar-refractivity contribution in [2.24, 2.45) is 0 Å². The van der Waals surface area contributed by atoms with Gasteiger partial charge in [0.15, 0.2) is 0 Å². The summed E-state index contributed by atoms with van der Waals surface area (Å²) in [6.45, 7) is 8.61. The van der Waals surface area contributed by atoms with Gasteiger partial charge < -0.3 is 10.0 Å². The first kappa shape index (κ1) is 18.4. The van der Waals surface area contributed by atoms with Gasteiger partial charge in [-0.25, -0.2) is 0 Å². The van der Waals surface area contributed by atoms with Crippen molar-refractivity contribution in [1.29, 1.82) is 0 Å². The molecule has 2 heterocycles. The molecule has 0 saturated carbocycles. The Labute approximate surface area is 143 Å². The van der Waals surface area contributed by atoms with Crippen LogP contribution in [0.4, 0.5) is 0 Å². The molecule has 0 aromatic carbocycles. The fraction of sp³-hybridized carbons (Fsp3) is 0.706. The first-order valence-electron chi connectivity index (χ1n) is 8.39. The molecule has 1 aliphatic rings. The normalized spacial score (nSPS) is 21.3. The van der Waals surface area contributed by atoms with E-state index in [1.807, 2.05) is 24.3 Å². The van der Waals surface area contributed by atoms with Crippen LogP contribution in [0, 0.1) is 0 Å². The smallest absolute Gasteiger partial charge is 0.236 e. The Morgan fingerprint density at radius 2 is 2.30 bits per heavy atom. The van der Waals surface area contributed by atoms with Gasteiger partial charge in [-0.3, -0.25) is 14.6 Å². The summed E-state index contributed by atoms with van der Waals surface area (Å²) in [6.07, 6.45) is 0.747. The summed E-state index contributed by atoms with van der Waals surface area (Å²) in [5.74, 6) is 0.176. The van der Waals surface area contributed by atoms with E-state index < -0.39 is 0 Å². The molecule has 23 heavy (non-hydrogen) atoms. The number of carbonyl (C=O) groups is 1. The van der Waals surface area contributed by atoms with Crippen molar-refractivity contribution < 1.29 is 9.90 Å². The number of β-amino-alcohol motifs (C(OH)–C–C–N with tert-alkyl or cyclic N) is 1. The lowest BCUT2D eigenvalue weighted by atomic mass is 10.1. The highest BCUT2D eigenvalue weighted by molar-refractivity contribution is 7.07. The highest BCUT2D eigenvalue weighted by Gasteiger charge is 2.27. The second-order valence-electron chi connectivity index (χ2n) is 6.52. The summed E-state index contributed by atoms with van der Waals surface area (Å²) in [7, 11) is 1.88. The monoisotopic (exact) mass is 339 g/mol. The van der Waals surface area contributed by atoms with Gasteiger partial charge in [0, 0.05) is 45.8 Å². The van der Waals surface area contributed by atoms with Crippen LogP contribution in [0.25, 0.3) is 0 Å². The van der Waals surface area contributed by atoms with Gasteiger partial charge in [-0.05, 0) is 35.7 Å². The number of aliphatic hydroxyl groups excluding tert-OH is 1. The molecule has 0 bridgehead atoms. The van der Waals surface area contributed by atoms with Crippen LogP contribution in [0.5, 0.6) is 0 Å². The maximum absolute atomic E-state index is 12.4. The van der Waals surface area contributed by atoms with Crippen molar-refractivity contribution >= 4 is 17.2 Å². The van der Waals surface area contributed by atoms with Gasteiger partial charge in [0.05, 0.1) is 12.6 Å². The molecule has 1 aromatic heterocycles. The van der Waals surface area contributed by atoms with Crippen LogP contribution < -0.4 is 0 Å². The van der Waals surface area contributed by atoms with Crippen LogP contribution in [0.15, 0.2) is 16.8 Å². The summed E-state index contributed by atoms with van der Waals surface area (Å²) >= 11 is 1.66. The van der Waals surface area contributed by atoms with Crippen molar-refractivity contribution in [1.82, 2.24) is 14.7 Å². The number of thiophene rings is 1. The van der Waals surface area contributed by atoms with Gasteiger partial charge >= 0.3 is 0 Å². The van der Waals surface area contributed by atoms with Crippen molar-refractivity contribution in [3.8, 4) is 0 Å². The minimum absolute atomic E-state index is 0.176. The lowest BCUT2D eigenvalue weighted by Crippen LogP contribution is -2.56. The second kappa shape index (κ2) is 8.78. The topological polar surface area (TPSA) is 47.0 Å². The van der Waals surface area contributed by atoms with Gasteiger partial charge in [-0.15, -0.1) is 0 Å². The van der Waals surface area contributed by atoms with E-state index in [-0.39, 0.29) is 12.0 Å². The second-order valence-corrected chi connectivity index (χ2v) is 7.30. The molecule has 6 heteroatoms. The Kier molecular flexibility index (Phi) is 7.02. The largest absolute Gasteiger partial charge is 0.392 e. The number of rotatable bonds is 7. The number of nitrogens with zero attached hydrogens (tertiary/aromatic N) is 3. The maximum atomic E-state index is 12.4. The number of piperazine rings is 1. The molecule has 1 aliphatic heterocycles. The molecule has 0 aliphatic carbocycles. The van der Waals surface area contributed by atoms with Gasteiger partial charge in [0.25, 0.3) is 0 Å². The summed E-state index contributed by atoms with van der Waals surface area (Å²) in [4.78, 5) is 18.8. The zero-order chi connectivity index (χ0) is 16.8. The van der Waals surface area contributed by atoms with Gasteiger partial charge in [-0.1, -0.05) is 6.92 Å². The van der Waals surface area contributed by atoms with Crippen LogP contribution in [0.3, 0.4) is 0 Å². The molecule has 2 rings (SSSR count). The lowest BCUT2D eigenvalue weighted by Gasteiger charge is -2.41. The van der Waals surface area contributed by atoms with Crippen LogP contribution >= 0.6 is 11.3 Å². The van der Waals surface area contributed by atoms with E-state index in [1.165, 1.54) is 5.56 Å². The molecule has 130 valence electrons. The summed E-state index contributed by atoms with van der Waals surface area (Å²) in [5.41, 5.74) is 1.19. The average Bonchev–Trinajstić information content (AvgIpc) is 3.01. The van der Waals surface area contributed by atoms with E-state index in [2.05, 4.69) is 28.2 Å². The van der Waals surface area contributed by atoms with Crippen molar-refractivity contribution in [3.63, 3.8) is 0 Å². The SMILES string of the molecule is CCC1CN(CC(=O)N(C)Cc2ccsc2)CCN1CC(C)O. The third-order valence-corrected chi connectivity index (χ3v) is 5.18. The van der Waals surface area contributed by atoms with Crippen molar-refractivity contribution in [2.75, 3.05) is 39.8 Å². The van der Waals surface area contributed by atoms with Crippen molar-refractivity contribution in [2.45, 2.75) is 39.0 Å². The number of likely N-dealkylation sites (N-methyl/N-ethyl adjacent to an activating group) is 1. The molecule has 1 saturated heterocycles. The Bertz CT molecular complexity index is 478. The van der Waals surface area contributed by atoms with E-state index in [0.717, 1.165) is 32.6 Å². The zero-order valence-corrected chi connectivity index (χ0v) is 15.3. The number of hydrogen-bond donors (Lipinski definition) is 1. The van der Waals surface area contributed by atoms with Crippen LogP contribution in [-0.4, -0.2) is 77.6 Å². The van der Waals surface area contributed by atoms with E-state index in [9.17, 15) is 9.90 Å². The number of hydrogen-bond acceptors (Lipinski definition) is 5. The zero-order valence-electron chi connectivity index (χ0n) is 14.4. The highest BCUT2D eigenvalue weighted by Crippen LogP contribution is 2.14. The average molecular weight is 340 g/mol. The fourth-order valence-electron chi connectivity index (χ4n) is 3.12. The molecule has 1 N–H and O–H groups in total. The first-order chi connectivity index (χ1) is 11.0. The van der Waals surface area contributed by atoms with Gasteiger partial charge in [0.2, 0.25) is 5.91 Å². The van der Waals surface area contributed by atoms with E-state index in [1.54, 1.807) is 11.3 Å². The Balaban J connectivity index is 1.82. The molecular formula is C17H29N3O2S. The van der Waals surface area contributed by atoms with E-state index in [4.69, 9.17) is 0 Å². The highest BCUT2D eigenvalue weighted by atomic mass is 32.1. The molecule has 1 aromatic rings. The molecule has 5 nitrogen and oxygen atoms in total. The third-order valence-electron chi connectivity index (χ3n) is 4.44. The summed E-state index contributed by atoms with van der Waals surface area (Å²) < 4.78 is 0. The molecule has 1 fully saturated rings. The first-order valence-corrected chi connectivity index (χ1v) is 9.33. The minimum Gasteiger partial charge on any atom is -0.392 e. The third kappa shape index (κ3) is 5.57. The van der Waals surface area contributed by atoms with Gasteiger partial charge in [-0.2, -0.15) is 11.3 Å². The molecule has 2 atom stereocenters. The predicted molar refractivity (Wildman–Crippen MR) is 94.6 cm³/mol. The molecule has 1 amide bonds. The predicted octanol–water partition coefficient (Wildman–Crippen LogP) is 1.48. The summed E-state index contributed by atoms with van der Waals surface area (Å²) in [6, 6.07) is 2.49. The Morgan fingerprint density at radius 3 is 2.91 bits per heavy atom. The number of carbonyl (C=O) groups excluding carboxylic acids is 1. The van der Waals surface area contributed by atoms with E-state index >= 15 is 0 Å². The maximum Gasteiger partial charge on any atom is 0.236 e. The van der Waals surface area contributed by atoms with Crippen LogP contribution in [0.1, 0.15) is 25.8 Å². The quantitative estimate of drug-likeness (QED) is 0.817. The lowest BCUT2D eigenvalue weighted by molar-refractivity contribution is -0.132. The van der Waals surface area contributed by atoms with Crippen LogP contribution in [-0.2, 0) is 11.3 Å². The minimum atomic E-state index is -0.297.